The van der Waals surface area contributed by atoms with Crippen LogP contribution < -0.4 is 10.0 Å². The molecule has 88 valence electrons. The fraction of sp³-hybridized carbons (Fsp3) is 1.00. The van der Waals surface area contributed by atoms with E-state index in [4.69, 9.17) is 0 Å². The third-order valence-corrected chi connectivity index (χ3v) is 4.74. The van der Waals surface area contributed by atoms with Crippen LogP contribution in [0.25, 0.3) is 0 Å². The van der Waals surface area contributed by atoms with Crippen LogP contribution in [0.1, 0.15) is 25.7 Å². The van der Waals surface area contributed by atoms with Gasteiger partial charge < -0.3 is 5.32 Å². The monoisotopic (exact) mass is 232 g/mol. The van der Waals surface area contributed by atoms with E-state index in [1.165, 1.54) is 6.42 Å². The van der Waals surface area contributed by atoms with E-state index in [1.54, 1.807) is 0 Å². The quantitative estimate of drug-likeness (QED) is 0.693. The Balaban J connectivity index is 1.63. The van der Waals surface area contributed by atoms with Crippen LogP contribution in [0.2, 0.25) is 0 Å². The first-order valence-electron chi connectivity index (χ1n) is 5.84. The fourth-order valence-electron chi connectivity index (χ4n) is 2.03. The number of hydrogen-bond acceptors (Lipinski definition) is 3. The molecule has 2 N–H and O–H groups in total. The molecule has 2 fully saturated rings. The maximum atomic E-state index is 11.5. The molecular formula is C10H20N2O2S. The Labute approximate surface area is 91.9 Å². The van der Waals surface area contributed by atoms with E-state index >= 15 is 0 Å². The zero-order valence-electron chi connectivity index (χ0n) is 9.04. The van der Waals surface area contributed by atoms with Crippen LogP contribution in [-0.2, 0) is 10.0 Å². The van der Waals surface area contributed by atoms with E-state index in [0.717, 1.165) is 32.4 Å². The second-order valence-electron chi connectivity index (χ2n) is 4.77. The van der Waals surface area contributed by atoms with Crippen molar-refractivity contribution >= 4 is 10.0 Å². The Morgan fingerprint density at radius 1 is 1.20 bits per heavy atom. The zero-order valence-corrected chi connectivity index (χ0v) is 9.85. The molecule has 5 heteroatoms. The van der Waals surface area contributed by atoms with Crippen LogP contribution in [-0.4, -0.2) is 33.8 Å². The highest BCUT2D eigenvalue weighted by atomic mass is 32.2. The van der Waals surface area contributed by atoms with Gasteiger partial charge in [0, 0.05) is 6.54 Å². The molecule has 4 nitrogen and oxygen atoms in total. The molecule has 0 aromatic carbocycles. The first kappa shape index (κ1) is 11.4. The van der Waals surface area contributed by atoms with E-state index in [9.17, 15) is 8.42 Å². The van der Waals surface area contributed by atoms with E-state index in [2.05, 4.69) is 10.0 Å². The molecule has 0 amide bonds. The lowest BCUT2D eigenvalue weighted by atomic mass is 10.1. The average molecular weight is 232 g/mol. The van der Waals surface area contributed by atoms with Crippen LogP contribution in [0.4, 0.5) is 0 Å². The normalized spacial score (nSPS) is 27.1. The van der Waals surface area contributed by atoms with E-state index in [-0.39, 0.29) is 0 Å². The topological polar surface area (TPSA) is 58.2 Å². The summed E-state index contributed by atoms with van der Waals surface area (Å²) in [6.45, 7) is 2.74. The average Bonchev–Trinajstić information content (AvgIpc) is 2.81. The van der Waals surface area contributed by atoms with Crippen molar-refractivity contribution in [2.24, 2.45) is 11.8 Å². The third kappa shape index (κ3) is 4.09. The number of sulfonamides is 1. The van der Waals surface area contributed by atoms with Crippen molar-refractivity contribution in [3.8, 4) is 0 Å². The van der Waals surface area contributed by atoms with Crippen LogP contribution in [0.5, 0.6) is 0 Å². The minimum Gasteiger partial charge on any atom is -0.316 e. The summed E-state index contributed by atoms with van der Waals surface area (Å²) in [6, 6.07) is 0. The summed E-state index contributed by atoms with van der Waals surface area (Å²) in [4.78, 5) is 0. The van der Waals surface area contributed by atoms with Crippen molar-refractivity contribution < 1.29 is 8.42 Å². The lowest BCUT2D eigenvalue weighted by Crippen LogP contribution is -2.29. The van der Waals surface area contributed by atoms with Gasteiger partial charge in [-0.05, 0) is 50.6 Å². The molecular weight excluding hydrogens is 212 g/mol. The zero-order chi connectivity index (χ0) is 10.7. The van der Waals surface area contributed by atoms with Gasteiger partial charge >= 0.3 is 0 Å². The Morgan fingerprint density at radius 3 is 2.60 bits per heavy atom. The molecule has 0 radical (unpaired) electrons. The van der Waals surface area contributed by atoms with Crippen molar-refractivity contribution in [3.63, 3.8) is 0 Å². The van der Waals surface area contributed by atoms with Crippen LogP contribution in [0.15, 0.2) is 0 Å². The van der Waals surface area contributed by atoms with Crippen molar-refractivity contribution in [3.05, 3.63) is 0 Å². The highest BCUT2D eigenvalue weighted by Crippen LogP contribution is 2.29. The minimum absolute atomic E-state index is 0.343. The molecule has 1 saturated carbocycles. The summed E-state index contributed by atoms with van der Waals surface area (Å²) >= 11 is 0. The number of hydrogen-bond donors (Lipinski definition) is 2. The molecule has 0 aromatic heterocycles. The molecule has 1 atom stereocenters. The molecule has 1 saturated heterocycles. The molecule has 0 spiro atoms. The SMILES string of the molecule is O=S(=O)(CC1CC1)NCCC1CCNC1. The van der Waals surface area contributed by atoms with E-state index < -0.39 is 10.0 Å². The van der Waals surface area contributed by atoms with Crippen LogP contribution >= 0.6 is 0 Å². The summed E-state index contributed by atoms with van der Waals surface area (Å²) < 4.78 is 25.8. The highest BCUT2D eigenvalue weighted by molar-refractivity contribution is 7.89. The predicted molar refractivity (Wildman–Crippen MR) is 60.1 cm³/mol. The van der Waals surface area contributed by atoms with Gasteiger partial charge in [0.2, 0.25) is 10.0 Å². The molecule has 2 rings (SSSR count). The van der Waals surface area contributed by atoms with Gasteiger partial charge in [0.15, 0.2) is 0 Å². The Bertz CT molecular complexity index is 293. The summed E-state index contributed by atoms with van der Waals surface area (Å²) in [5, 5.41) is 3.28. The van der Waals surface area contributed by atoms with Gasteiger partial charge in [-0.1, -0.05) is 0 Å². The molecule has 1 unspecified atom stereocenters. The first-order chi connectivity index (χ1) is 7.16. The summed E-state index contributed by atoms with van der Waals surface area (Å²) in [5.41, 5.74) is 0. The van der Waals surface area contributed by atoms with Gasteiger partial charge in [-0.15, -0.1) is 0 Å². The van der Waals surface area contributed by atoms with Gasteiger partial charge in [-0.2, -0.15) is 0 Å². The third-order valence-electron chi connectivity index (χ3n) is 3.19. The molecule has 1 aliphatic carbocycles. The molecule has 2 aliphatic rings. The van der Waals surface area contributed by atoms with E-state index in [0.29, 0.717) is 24.1 Å². The van der Waals surface area contributed by atoms with E-state index in [1.807, 2.05) is 0 Å². The highest BCUT2D eigenvalue weighted by Gasteiger charge is 2.27. The minimum atomic E-state index is -2.98. The lowest BCUT2D eigenvalue weighted by molar-refractivity contribution is 0.518. The van der Waals surface area contributed by atoms with Crippen LogP contribution in [0.3, 0.4) is 0 Å². The Morgan fingerprint density at radius 2 is 2.00 bits per heavy atom. The molecule has 15 heavy (non-hydrogen) atoms. The number of nitrogens with one attached hydrogen (secondary N) is 2. The summed E-state index contributed by atoms with van der Waals surface area (Å²) in [6.07, 6.45) is 4.34. The van der Waals surface area contributed by atoms with Gasteiger partial charge in [-0.25, -0.2) is 13.1 Å². The van der Waals surface area contributed by atoms with Gasteiger partial charge in [0.25, 0.3) is 0 Å². The first-order valence-corrected chi connectivity index (χ1v) is 7.49. The van der Waals surface area contributed by atoms with Crippen molar-refractivity contribution in [1.82, 2.24) is 10.0 Å². The standard InChI is InChI=1S/C10H20N2O2S/c13-15(14,8-10-1-2-10)12-6-4-9-3-5-11-7-9/h9-12H,1-8H2. The van der Waals surface area contributed by atoms with Gasteiger partial charge in [0.1, 0.15) is 0 Å². The van der Waals surface area contributed by atoms with Crippen molar-refractivity contribution in [2.75, 3.05) is 25.4 Å². The largest absolute Gasteiger partial charge is 0.316 e. The van der Waals surface area contributed by atoms with Crippen molar-refractivity contribution in [2.45, 2.75) is 25.7 Å². The Hall–Kier alpha value is -0.130. The molecule has 1 aliphatic heterocycles. The maximum Gasteiger partial charge on any atom is 0.211 e. The van der Waals surface area contributed by atoms with Crippen LogP contribution in [0, 0.1) is 11.8 Å². The summed E-state index contributed by atoms with van der Waals surface area (Å²) in [5.74, 6) is 1.44. The molecule has 0 bridgehead atoms. The van der Waals surface area contributed by atoms with Gasteiger partial charge in [0.05, 0.1) is 5.75 Å². The molecule has 0 aromatic rings. The smallest absolute Gasteiger partial charge is 0.211 e. The number of rotatable bonds is 6. The molecule has 1 heterocycles. The lowest BCUT2D eigenvalue weighted by Gasteiger charge is -2.09. The predicted octanol–water partition coefficient (Wildman–Crippen LogP) is 0.315. The summed E-state index contributed by atoms with van der Waals surface area (Å²) in [7, 11) is -2.98. The second-order valence-corrected chi connectivity index (χ2v) is 6.62. The Kier molecular flexibility index (Phi) is 3.64. The second kappa shape index (κ2) is 4.80. The van der Waals surface area contributed by atoms with Gasteiger partial charge in [-0.3, -0.25) is 0 Å². The maximum absolute atomic E-state index is 11.5. The van der Waals surface area contributed by atoms with Crippen molar-refractivity contribution in [1.29, 1.82) is 0 Å². The fourth-order valence-corrected chi connectivity index (χ4v) is 3.53.